The summed E-state index contributed by atoms with van der Waals surface area (Å²) in [6.07, 6.45) is 3.99. The van der Waals surface area contributed by atoms with Gasteiger partial charge >= 0.3 is 0 Å². The third-order valence-corrected chi connectivity index (χ3v) is 4.85. The van der Waals surface area contributed by atoms with E-state index >= 15 is 0 Å². The van der Waals surface area contributed by atoms with Crippen LogP contribution in [0.2, 0.25) is 0 Å². The number of likely N-dealkylation sites (tertiary alicyclic amines) is 1. The molecule has 100 valence electrons. The lowest BCUT2D eigenvalue weighted by molar-refractivity contribution is 0.203. The largest absolute Gasteiger partial charge is 0.310 e. The summed E-state index contributed by atoms with van der Waals surface area (Å²) in [5.74, 6) is 0.806. The first-order valence-electron chi connectivity index (χ1n) is 7.20. The molecule has 0 aromatic rings. The Morgan fingerprint density at radius 1 is 1.35 bits per heavy atom. The average molecular weight is 239 g/mol. The minimum atomic E-state index is 0.418. The van der Waals surface area contributed by atoms with Crippen LogP contribution in [0, 0.1) is 5.92 Å². The minimum Gasteiger partial charge on any atom is -0.310 e. The van der Waals surface area contributed by atoms with Crippen molar-refractivity contribution < 1.29 is 0 Å². The number of hydrogen-bond acceptors (Lipinski definition) is 3. The lowest BCUT2D eigenvalue weighted by Gasteiger charge is -2.33. The van der Waals surface area contributed by atoms with Crippen molar-refractivity contribution in [3.8, 4) is 0 Å². The van der Waals surface area contributed by atoms with Crippen LogP contribution in [0.5, 0.6) is 0 Å². The van der Waals surface area contributed by atoms with Gasteiger partial charge in [0.25, 0.3) is 0 Å². The van der Waals surface area contributed by atoms with Crippen LogP contribution in [0.4, 0.5) is 0 Å². The molecule has 0 aromatic carbocycles. The van der Waals surface area contributed by atoms with Crippen molar-refractivity contribution in [1.29, 1.82) is 0 Å². The molecular formula is C14H29N3. The van der Waals surface area contributed by atoms with Crippen LogP contribution in [0.1, 0.15) is 33.1 Å². The molecule has 17 heavy (non-hydrogen) atoms. The first kappa shape index (κ1) is 13.3. The number of likely N-dealkylation sites (N-methyl/N-ethyl adjacent to an activating group) is 1. The van der Waals surface area contributed by atoms with Crippen molar-refractivity contribution in [2.24, 2.45) is 5.92 Å². The SMILES string of the molecule is CCC1(CN2CC(C)C(N(C)C)C2)CCCN1. The van der Waals surface area contributed by atoms with E-state index in [1.807, 2.05) is 0 Å². The highest BCUT2D eigenvalue weighted by atomic mass is 15.3. The van der Waals surface area contributed by atoms with Crippen LogP contribution in [-0.4, -0.2) is 61.7 Å². The smallest absolute Gasteiger partial charge is 0.0306 e. The number of hydrogen-bond donors (Lipinski definition) is 1. The lowest BCUT2D eigenvalue weighted by Crippen LogP contribution is -2.49. The van der Waals surface area contributed by atoms with Gasteiger partial charge in [-0.2, -0.15) is 0 Å². The van der Waals surface area contributed by atoms with Gasteiger partial charge in [-0.1, -0.05) is 13.8 Å². The van der Waals surface area contributed by atoms with Gasteiger partial charge in [-0.3, -0.25) is 4.90 Å². The molecular weight excluding hydrogens is 210 g/mol. The van der Waals surface area contributed by atoms with Gasteiger partial charge in [-0.25, -0.2) is 0 Å². The van der Waals surface area contributed by atoms with Crippen molar-refractivity contribution in [1.82, 2.24) is 15.1 Å². The highest BCUT2D eigenvalue weighted by Crippen LogP contribution is 2.28. The zero-order chi connectivity index (χ0) is 12.5. The van der Waals surface area contributed by atoms with Crippen molar-refractivity contribution in [2.45, 2.75) is 44.7 Å². The second-order valence-electron chi connectivity index (χ2n) is 6.37. The highest BCUT2D eigenvalue weighted by Gasteiger charge is 2.38. The topological polar surface area (TPSA) is 18.5 Å². The van der Waals surface area contributed by atoms with Gasteiger partial charge in [0.2, 0.25) is 0 Å². The van der Waals surface area contributed by atoms with Crippen LogP contribution in [0.3, 0.4) is 0 Å². The minimum absolute atomic E-state index is 0.418. The van der Waals surface area contributed by atoms with E-state index in [0.29, 0.717) is 5.54 Å². The van der Waals surface area contributed by atoms with Gasteiger partial charge in [-0.15, -0.1) is 0 Å². The number of rotatable bonds is 4. The van der Waals surface area contributed by atoms with Crippen LogP contribution >= 0.6 is 0 Å². The van der Waals surface area contributed by atoms with Crippen LogP contribution in [0.15, 0.2) is 0 Å². The molecule has 1 N–H and O–H groups in total. The zero-order valence-electron chi connectivity index (χ0n) is 12.0. The van der Waals surface area contributed by atoms with E-state index in [1.54, 1.807) is 0 Å². The van der Waals surface area contributed by atoms with E-state index in [9.17, 15) is 0 Å². The monoisotopic (exact) mass is 239 g/mol. The lowest BCUT2D eigenvalue weighted by atomic mass is 9.93. The summed E-state index contributed by atoms with van der Waals surface area (Å²) in [5.41, 5.74) is 0.418. The Morgan fingerprint density at radius 2 is 2.12 bits per heavy atom. The zero-order valence-corrected chi connectivity index (χ0v) is 12.0. The highest BCUT2D eigenvalue weighted by molar-refractivity contribution is 4.97. The van der Waals surface area contributed by atoms with E-state index < -0.39 is 0 Å². The van der Waals surface area contributed by atoms with Gasteiger partial charge in [0.1, 0.15) is 0 Å². The molecule has 2 saturated heterocycles. The molecule has 0 saturated carbocycles. The predicted octanol–water partition coefficient (Wildman–Crippen LogP) is 1.40. The summed E-state index contributed by atoms with van der Waals surface area (Å²) in [5, 5.41) is 3.75. The van der Waals surface area contributed by atoms with Crippen LogP contribution < -0.4 is 5.32 Å². The Labute approximate surface area is 107 Å². The molecule has 2 aliphatic heterocycles. The molecule has 0 spiro atoms. The van der Waals surface area contributed by atoms with E-state index in [1.165, 1.54) is 45.4 Å². The normalized spacial score (nSPS) is 39.4. The molecule has 2 aliphatic rings. The van der Waals surface area contributed by atoms with Gasteiger partial charge in [-0.05, 0) is 45.8 Å². The maximum absolute atomic E-state index is 3.75. The first-order valence-corrected chi connectivity index (χ1v) is 7.20. The third-order valence-electron chi connectivity index (χ3n) is 4.85. The molecule has 0 radical (unpaired) electrons. The molecule has 2 fully saturated rings. The number of nitrogens with one attached hydrogen (secondary N) is 1. The molecule has 3 unspecified atom stereocenters. The van der Waals surface area contributed by atoms with Gasteiger partial charge in [0.05, 0.1) is 0 Å². The second kappa shape index (κ2) is 5.25. The Balaban J connectivity index is 1.92. The molecule has 2 rings (SSSR count). The molecule has 0 amide bonds. The second-order valence-corrected chi connectivity index (χ2v) is 6.37. The standard InChI is InChI=1S/C14H29N3/c1-5-14(7-6-8-15-14)11-17-9-12(2)13(10-17)16(3)4/h12-13,15H,5-11H2,1-4H3. The summed E-state index contributed by atoms with van der Waals surface area (Å²) in [6, 6.07) is 0.741. The first-order chi connectivity index (χ1) is 8.06. The van der Waals surface area contributed by atoms with Gasteiger partial charge < -0.3 is 10.2 Å². The summed E-state index contributed by atoms with van der Waals surface area (Å²) in [6.45, 7) is 9.71. The predicted molar refractivity (Wildman–Crippen MR) is 73.3 cm³/mol. The quantitative estimate of drug-likeness (QED) is 0.800. The van der Waals surface area contributed by atoms with E-state index in [4.69, 9.17) is 0 Å². The molecule has 0 bridgehead atoms. The maximum Gasteiger partial charge on any atom is 0.0306 e. The summed E-state index contributed by atoms with van der Waals surface area (Å²) in [4.78, 5) is 5.07. The molecule has 0 aliphatic carbocycles. The van der Waals surface area contributed by atoms with Crippen LogP contribution in [-0.2, 0) is 0 Å². The maximum atomic E-state index is 3.75. The number of nitrogens with zero attached hydrogens (tertiary/aromatic N) is 2. The summed E-state index contributed by atoms with van der Waals surface area (Å²) < 4.78 is 0. The van der Waals surface area contributed by atoms with Gasteiger partial charge in [0, 0.05) is 31.2 Å². The molecule has 0 aromatic heterocycles. The Bertz CT molecular complexity index is 246. The average Bonchev–Trinajstić information content (AvgIpc) is 2.87. The Kier molecular flexibility index (Phi) is 4.11. The summed E-state index contributed by atoms with van der Waals surface area (Å²) >= 11 is 0. The molecule has 2 heterocycles. The van der Waals surface area contributed by atoms with Gasteiger partial charge in [0.15, 0.2) is 0 Å². The fourth-order valence-electron chi connectivity index (χ4n) is 3.69. The van der Waals surface area contributed by atoms with Crippen molar-refractivity contribution in [3.05, 3.63) is 0 Å². The molecule has 3 nitrogen and oxygen atoms in total. The third kappa shape index (κ3) is 2.83. The Hall–Kier alpha value is -0.120. The van der Waals surface area contributed by atoms with Crippen LogP contribution in [0.25, 0.3) is 0 Å². The van der Waals surface area contributed by atoms with E-state index in [2.05, 4.69) is 43.1 Å². The van der Waals surface area contributed by atoms with E-state index in [0.717, 1.165) is 12.0 Å². The van der Waals surface area contributed by atoms with Crippen molar-refractivity contribution in [3.63, 3.8) is 0 Å². The van der Waals surface area contributed by atoms with Crippen molar-refractivity contribution >= 4 is 0 Å². The Morgan fingerprint density at radius 3 is 2.59 bits per heavy atom. The summed E-state index contributed by atoms with van der Waals surface area (Å²) in [7, 11) is 4.43. The van der Waals surface area contributed by atoms with Crippen molar-refractivity contribution in [2.75, 3.05) is 40.3 Å². The molecule has 3 heteroatoms. The van der Waals surface area contributed by atoms with E-state index in [-0.39, 0.29) is 0 Å². The molecule has 3 atom stereocenters. The fraction of sp³-hybridized carbons (Fsp3) is 1.00. The fourth-order valence-corrected chi connectivity index (χ4v) is 3.69.